The van der Waals surface area contributed by atoms with Crippen LogP contribution in [0.25, 0.3) is 0 Å². The van der Waals surface area contributed by atoms with Gasteiger partial charge in [-0.15, -0.1) is 0 Å². The zero-order valence-corrected chi connectivity index (χ0v) is 18.4. The molecule has 0 bridgehead atoms. The average Bonchev–Trinajstić information content (AvgIpc) is 2.87. The summed E-state index contributed by atoms with van der Waals surface area (Å²) in [5.41, 5.74) is 3.92. The summed E-state index contributed by atoms with van der Waals surface area (Å²) in [6.45, 7) is 2.22. The van der Waals surface area contributed by atoms with E-state index in [1.807, 2.05) is 55.5 Å². The molecule has 0 saturated carbocycles. The fourth-order valence-electron chi connectivity index (χ4n) is 4.59. The summed E-state index contributed by atoms with van der Waals surface area (Å²) >= 11 is 0. The van der Waals surface area contributed by atoms with Gasteiger partial charge in [-0.3, -0.25) is 4.79 Å². The first-order valence-corrected chi connectivity index (χ1v) is 11.1. The van der Waals surface area contributed by atoms with Gasteiger partial charge in [0.05, 0.1) is 12.5 Å². The highest BCUT2D eigenvalue weighted by Crippen LogP contribution is 2.46. The van der Waals surface area contributed by atoms with Gasteiger partial charge in [0.2, 0.25) is 0 Å². The molecule has 0 spiro atoms. The number of carbonyl (C=O) groups excluding carboxylic acids is 1. The fourth-order valence-corrected chi connectivity index (χ4v) is 4.59. The summed E-state index contributed by atoms with van der Waals surface area (Å²) < 4.78 is 5.57. The van der Waals surface area contributed by atoms with E-state index in [0.717, 1.165) is 22.3 Å². The Bertz CT molecular complexity index is 1010. The normalized spacial score (nSPS) is 12.2. The summed E-state index contributed by atoms with van der Waals surface area (Å²) in [7, 11) is 0. The second-order valence-electron chi connectivity index (χ2n) is 7.92. The molecular formula is C30H28O2. The molecule has 2 heteroatoms. The maximum Gasteiger partial charge on any atom is 0.313 e. The Balaban J connectivity index is 1.97. The largest absolute Gasteiger partial charge is 0.466 e. The standard InChI is InChI=1S/C30H28O2/c1-2-32-29(31)28(24-15-7-3-8-16-24)23-30(25-17-9-4-10-18-25,26-19-11-5-12-20-26)27-21-13-6-14-22-27/h3-22,28H,2,23H2,1H3. The van der Waals surface area contributed by atoms with Gasteiger partial charge in [0.15, 0.2) is 0 Å². The minimum absolute atomic E-state index is 0.189. The van der Waals surface area contributed by atoms with Crippen molar-refractivity contribution in [2.75, 3.05) is 6.61 Å². The lowest BCUT2D eigenvalue weighted by Crippen LogP contribution is -2.34. The SMILES string of the molecule is CCOC(=O)C(CC(c1ccccc1)(c1ccccc1)c1ccccc1)c1ccccc1. The second kappa shape index (κ2) is 10.1. The van der Waals surface area contributed by atoms with Gasteiger partial charge in [0.1, 0.15) is 0 Å². The fraction of sp³-hybridized carbons (Fsp3) is 0.167. The number of benzene rings is 4. The van der Waals surface area contributed by atoms with E-state index in [2.05, 4.69) is 72.8 Å². The van der Waals surface area contributed by atoms with Crippen molar-refractivity contribution >= 4 is 5.97 Å². The molecule has 0 aliphatic carbocycles. The molecule has 0 fully saturated rings. The molecule has 160 valence electrons. The molecule has 4 aromatic carbocycles. The molecule has 0 radical (unpaired) electrons. The van der Waals surface area contributed by atoms with E-state index >= 15 is 0 Å². The molecule has 0 amide bonds. The van der Waals surface area contributed by atoms with Crippen LogP contribution in [0.4, 0.5) is 0 Å². The van der Waals surface area contributed by atoms with Crippen molar-refractivity contribution in [3.63, 3.8) is 0 Å². The first-order chi connectivity index (χ1) is 15.8. The summed E-state index contributed by atoms with van der Waals surface area (Å²) in [5.74, 6) is -0.595. The average molecular weight is 421 g/mol. The second-order valence-corrected chi connectivity index (χ2v) is 7.92. The number of rotatable bonds is 8. The highest BCUT2D eigenvalue weighted by molar-refractivity contribution is 5.79. The first-order valence-electron chi connectivity index (χ1n) is 11.1. The summed E-state index contributed by atoms with van der Waals surface area (Å²) in [6.07, 6.45) is 0.563. The zero-order chi connectivity index (χ0) is 22.2. The molecule has 4 rings (SSSR count). The zero-order valence-electron chi connectivity index (χ0n) is 18.4. The Hall–Kier alpha value is -3.65. The molecule has 4 aromatic rings. The topological polar surface area (TPSA) is 26.3 Å². The number of hydrogen-bond donors (Lipinski definition) is 0. The molecule has 0 aliphatic rings. The lowest BCUT2D eigenvalue weighted by Gasteiger charge is -2.38. The quantitative estimate of drug-likeness (QED) is 0.233. The third-order valence-electron chi connectivity index (χ3n) is 6.08. The van der Waals surface area contributed by atoms with Crippen molar-refractivity contribution in [2.24, 2.45) is 0 Å². The minimum Gasteiger partial charge on any atom is -0.466 e. The summed E-state index contributed by atoms with van der Waals surface area (Å²) in [4.78, 5) is 13.3. The van der Waals surface area contributed by atoms with E-state index in [1.165, 1.54) is 0 Å². The Morgan fingerprint density at radius 1 is 0.656 bits per heavy atom. The van der Waals surface area contributed by atoms with Gasteiger partial charge in [0.25, 0.3) is 0 Å². The Morgan fingerprint density at radius 2 is 1.03 bits per heavy atom. The van der Waals surface area contributed by atoms with Crippen LogP contribution in [0, 0.1) is 0 Å². The molecule has 1 unspecified atom stereocenters. The van der Waals surface area contributed by atoms with E-state index in [4.69, 9.17) is 4.74 Å². The van der Waals surface area contributed by atoms with Gasteiger partial charge in [-0.05, 0) is 35.6 Å². The van der Waals surface area contributed by atoms with Gasteiger partial charge < -0.3 is 4.74 Å². The van der Waals surface area contributed by atoms with Crippen LogP contribution in [0.2, 0.25) is 0 Å². The molecule has 0 saturated heterocycles. The maximum atomic E-state index is 13.3. The van der Waals surface area contributed by atoms with Crippen molar-refractivity contribution in [2.45, 2.75) is 24.7 Å². The monoisotopic (exact) mass is 420 g/mol. The number of carbonyl (C=O) groups is 1. The number of ether oxygens (including phenoxy) is 1. The third kappa shape index (κ3) is 4.36. The molecular weight excluding hydrogens is 392 g/mol. The molecule has 1 atom stereocenters. The highest BCUT2D eigenvalue weighted by atomic mass is 16.5. The molecule has 0 aliphatic heterocycles. The molecule has 0 aromatic heterocycles. The van der Waals surface area contributed by atoms with Gasteiger partial charge >= 0.3 is 5.97 Å². The summed E-state index contributed by atoms with van der Waals surface area (Å²) in [5, 5.41) is 0. The Morgan fingerprint density at radius 3 is 1.41 bits per heavy atom. The Kier molecular flexibility index (Phi) is 6.81. The number of esters is 1. The van der Waals surface area contributed by atoms with Crippen molar-refractivity contribution < 1.29 is 9.53 Å². The maximum absolute atomic E-state index is 13.3. The van der Waals surface area contributed by atoms with E-state index in [1.54, 1.807) is 0 Å². The van der Waals surface area contributed by atoms with Crippen molar-refractivity contribution in [1.29, 1.82) is 0 Å². The first kappa shape index (κ1) is 21.6. The van der Waals surface area contributed by atoms with E-state index in [-0.39, 0.29) is 5.97 Å². The number of hydrogen-bond acceptors (Lipinski definition) is 2. The highest BCUT2D eigenvalue weighted by Gasteiger charge is 2.41. The van der Waals surface area contributed by atoms with Crippen LogP contribution >= 0.6 is 0 Å². The minimum atomic E-state index is -0.517. The van der Waals surface area contributed by atoms with E-state index < -0.39 is 11.3 Å². The summed E-state index contributed by atoms with van der Waals surface area (Å²) in [6, 6.07) is 41.4. The van der Waals surface area contributed by atoms with Crippen LogP contribution in [-0.4, -0.2) is 12.6 Å². The van der Waals surface area contributed by atoms with Gasteiger partial charge in [-0.2, -0.15) is 0 Å². The van der Waals surface area contributed by atoms with Crippen molar-refractivity contribution in [1.82, 2.24) is 0 Å². The van der Waals surface area contributed by atoms with Gasteiger partial charge in [0, 0.05) is 5.41 Å². The van der Waals surface area contributed by atoms with E-state index in [0.29, 0.717) is 13.0 Å². The van der Waals surface area contributed by atoms with E-state index in [9.17, 15) is 4.79 Å². The van der Waals surface area contributed by atoms with Crippen LogP contribution in [0.5, 0.6) is 0 Å². The van der Waals surface area contributed by atoms with Crippen LogP contribution in [0.15, 0.2) is 121 Å². The molecule has 0 heterocycles. The third-order valence-corrected chi connectivity index (χ3v) is 6.08. The smallest absolute Gasteiger partial charge is 0.313 e. The molecule has 32 heavy (non-hydrogen) atoms. The van der Waals surface area contributed by atoms with Gasteiger partial charge in [-0.1, -0.05) is 121 Å². The van der Waals surface area contributed by atoms with Crippen LogP contribution < -0.4 is 0 Å². The predicted molar refractivity (Wildman–Crippen MR) is 130 cm³/mol. The van der Waals surface area contributed by atoms with Gasteiger partial charge in [-0.25, -0.2) is 0 Å². The Labute approximate surface area is 190 Å². The molecule has 2 nitrogen and oxygen atoms in total. The van der Waals surface area contributed by atoms with Crippen LogP contribution in [0.1, 0.15) is 41.5 Å². The van der Waals surface area contributed by atoms with Crippen LogP contribution in [0.3, 0.4) is 0 Å². The lowest BCUT2D eigenvalue weighted by atomic mass is 9.64. The lowest BCUT2D eigenvalue weighted by molar-refractivity contribution is -0.145. The van der Waals surface area contributed by atoms with Crippen molar-refractivity contribution in [3.05, 3.63) is 144 Å². The van der Waals surface area contributed by atoms with Crippen LogP contribution in [-0.2, 0) is 14.9 Å². The predicted octanol–water partition coefficient (Wildman–Crippen LogP) is 6.76. The van der Waals surface area contributed by atoms with Crippen molar-refractivity contribution in [3.8, 4) is 0 Å². The molecule has 0 N–H and O–H groups in total.